The van der Waals surface area contributed by atoms with E-state index < -0.39 is 21.8 Å². The third-order valence-corrected chi connectivity index (χ3v) is 2.64. The van der Waals surface area contributed by atoms with E-state index in [1.807, 2.05) is 24.3 Å². The van der Waals surface area contributed by atoms with E-state index >= 15 is 0 Å². The van der Waals surface area contributed by atoms with Gasteiger partial charge in [-0.2, -0.15) is 0 Å². The Labute approximate surface area is 88.8 Å². The van der Waals surface area contributed by atoms with Crippen molar-refractivity contribution in [2.24, 2.45) is 5.92 Å². The maximum atomic E-state index is 11.2. The first-order valence-corrected chi connectivity index (χ1v) is 5.99. The number of rotatable bonds is 4. The summed E-state index contributed by atoms with van der Waals surface area (Å²) in [6, 6.07) is 0. The first-order chi connectivity index (χ1) is 6.88. The molecule has 0 aromatic rings. The molecule has 0 radical (unpaired) electrons. The number of hydrogen-bond acceptors (Lipinski definition) is 4. The number of hydrogen-bond donors (Lipinski definition) is 0. The molecule has 1 rings (SSSR count). The Hall–Kier alpha value is -1.14. The molecule has 1 aliphatic carbocycles. The van der Waals surface area contributed by atoms with E-state index in [0.717, 1.165) is 0 Å². The highest BCUT2D eigenvalue weighted by Crippen LogP contribution is 2.10. The van der Waals surface area contributed by atoms with Crippen molar-refractivity contribution >= 4 is 16.0 Å². The third-order valence-electron chi connectivity index (χ3n) is 2.04. The molecular weight excluding hydrogens is 218 g/mol. The van der Waals surface area contributed by atoms with Gasteiger partial charge in [0.25, 0.3) is 0 Å². The Morgan fingerprint density at radius 1 is 1.40 bits per heavy atom. The Balaban J connectivity index is 2.46. The summed E-state index contributed by atoms with van der Waals surface area (Å²) in [5.74, 6) is -1.53. The molecule has 0 unspecified atom stereocenters. The van der Waals surface area contributed by atoms with Crippen LogP contribution < -0.4 is 0 Å². The second-order valence-electron chi connectivity index (χ2n) is 3.41. The third kappa shape index (κ3) is 4.26. The number of allylic oxidation sites excluding steroid dienone is 2. The van der Waals surface area contributed by atoms with Gasteiger partial charge in [0.1, 0.15) is 15.9 Å². The summed E-state index contributed by atoms with van der Waals surface area (Å²) in [7, 11) is -3.00. The summed E-state index contributed by atoms with van der Waals surface area (Å²) in [4.78, 5) is 12.5. The van der Waals surface area contributed by atoms with Crippen LogP contribution in [0.5, 0.6) is 0 Å². The fourth-order valence-electron chi connectivity index (χ4n) is 1.28. The number of amides is 1. The molecule has 84 valence electrons. The fraction of sp³-hybridized carbons (Fsp3) is 0.444. The minimum Gasteiger partial charge on any atom is -0.748 e. The zero-order chi connectivity index (χ0) is 11.5. The van der Waals surface area contributed by atoms with Crippen LogP contribution in [-0.4, -0.2) is 43.1 Å². The molecular formula is C9H12NO4S-. The lowest BCUT2D eigenvalue weighted by atomic mass is 10.1. The van der Waals surface area contributed by atoms with Gasteiger partial charge in [-0.1, -0.05) is 24.3 Å². The molecule has 0 bridgehead atoms. The van der Waals surface area contributed by atoms with E-state index in [9.17, 15) is 17.8 Å². The van der Waals surface area contributed by atoms with Crippen molar-refractivity contribution in [2.45, 2.75) is 0 Å². The van der Waals surface area contributed by atoms with Gasteiger partial charge in [0, 0.05) is 19.5 Å². The summed E-state index contributed by atoms with van der Waals surface area (Å²) in [5, 5.41) is 0. The predicted octanol–water partition coefficient (Wildman–Crippen LogP) is -0.268. The second kappa shape index (κ2) is 4.59. The van der Waals surface area contributed by atoms with E-state index in [4.69, 9.17) is 0 Å². The van der Waals surface area contributed by atoms with E-state index in [0.29, 0.717) is 6.54 Å². The maximum Gasteiger partial charge on any atom is 0.236 e. The molecule has 1 aliphatic rings. The van der Waals surface area contributed by atoms with Crippen LogP contribution in [0.15, 0.2) is 24.3 Å². The van der Waals surface area contributed by atoms with E-state index in [1.54, 1.807) is 0 Å². The van der Waals surface area contributed by atoms with Crippen molar-refractivity contribution < 1.29 is 17.8 Å². The topological polar surface area (TPSA) is 77.5 Å². The molecule has 5 nitrogen and oxygen atoms in total. The molecule has 0 heterocycles. The lowest BCUT2D eigenvalue weighted by Crippen LogP contribution is -2.35. The highest BCUT2D eigenvalue weighted by molar-refractivity contribution is 7.86. The molecule has 0 N–H and O–H groups in total. The molecule has 0 saturated carbocycles. The van der Waals surface area contributed by atoms with Crippen molar-refractivity contribution in [1.82, 2.24) is 4.90 Å². The average Bonchev–Trinajstić information content (AvgIpc) is 2.53. The molecule has 15 heavy (non-hydrogen) atoms. The normalized spacial score (nSPS) is 15.9. The van der Waals surface area contributed by atoms with Crippen LogP contribution in [0.25, 0.3) is 0 Å². The Morgan fingerprint density at radius 2 is 1.93 bits per heavy atom. The highest BCUT2D eigenvalue weighted by atomic mass is 32.2. The van der Waals surface area contributed by atoms with Gasteiger partial charge in [-0.15, -0.1) is 0 Å². The second-order valence-corrected chi connectivity index (χ2v) is 4.81. The Morgan fingerprint density at radius 3 is 2.40 bits per heavy atom. The molecule has 0 spiro atoms. The maximum absolute atomic E-state index is 11.2. The van der Waals surface area contributed by atoms with Crippen molar-refractivity contribution in [2.75, 3.05) is 19.3 Å². The molecule has 0 atom stereocenters. The van der Waals surface area contributed by atoms with Crippen molar-refractivity contribution in [3.05, 3.63) is 24.3 Å². The molecule has 0 fully saturated rings. The SMILES string of the molecule is CN(CC1C=CC=C1)C(=O)CS(=O)(=O)[O-]. The smallest absolute Gasteiger partial charge is 0.236 e. The van der Waals surface area contributed by atoms with Crippen molar-refractivity contribution in [3.8, 4) is 0 Å². The van der Waals surface area contributed by atoms with Crippen LogP contribution in [0.4, 0.5) is 0 Å². The number of carbonyl (C=O) groups is 1. The molecule has 0 saturated heterocycles. The van der Waals surface area contributed by atoms with Gasteiger partial charge in [0.2, 0.25) is 5.91 Å². The Kier molecular flexibility index (Phi) is 3.65. The zero-order valence-electron chi connectivity index (χ0n) is 8.29. The lowest BCUT2D eigenvalue weighted by Gasteiger charge is -2.20. The van der Waals surface area contributed by atoms with Gasteiger partial charge in [0.15, 0.2) is 0 Å². The van der Waals surface area contributed by atoms with Crippen LogP contribution in [-0.2, 0) is 14.9 Å². The van der Waals surface area contributed by atoms with Crippen LogP contribution in [0.1, 0.15) is 0 Å². The minimum atomic E-state index is -4.48. The van der Waals surface area contributed by atoms with Gasteiger partial charge in [-0.3, -0.25) is 4.79 Å². The van der Waals surface area contributed by atoms with Crippen LogP contribution in [0, 0.1) is 5.92 Å². The lowest BCUT2D eigenvalue weighted by molar-refractivity contribution is -0.127. The van der Waals surface area contributed by atoms with Crippen LogP contribution in [0.3, 0.4) is 0 Å². The predicted molar refractivity (Wildman–Crippen MR) is 54.0 cm³/mol. The number of carbonyl (C=O) groups excluding carboxylic acids is 1. The molecule has 0 aliphatic heterocycles. The first kappa shape index (κ1) is 11.9. The first-order valence-electron chi connectivity index (χ1n) is 4.41. The highest BCUT2D eigenvalue weighted by Gasteiger charge is 2.15. The van der Waals surface area contributed by atoms with Gasteiger partial charge >= 0.3 is 0 Å². The molecule has 1 amide bonds. The minimum absolute atomic E-state index is 0.105. The van der Waals surface area contributed by atoms with Crippen LogP contribution in [0.2, 0.25) is 0 Å². The molecule has 0 aromatic heterocycles. The van der Waals surface area contributed by atoms with E-state index in [1.165, 1.54) is 11.9 Å². The fourth-order valence-corrected chi connectivity index (χ4v) is 1.80. The summed E-state index contributed by atoms with van der Waals surface area (Å²) >= 11 is 0. The van der Waals surface area contributed by atoms with Gasteiger partial charge < -0.3 is 9.45 Å². The van der Waals surface area contributed by atoms with Crippen molar-refractivity contribution in [1.29, 1.82) is 0 Å². The van der Waals surface area contributed by atoms with Gasteiger partial charge in [-0.25, -0.2) is 8.42 Å². The monoisotopic (exact) mass is 230 g/mol. The van der Waals surface area contributed by atoms with E-state index in [2.05, 4.69) is 0 Å². The summed E-state index contributed by atoms with van der Waals surface area (Å²) in [6.07, 6.45) is 7.51. The quantitative estimate of drug-likeness (QED) is 0.623. The molecule has 6 heteroatoms. The summed E-state index contributed by atoms with van der Waals surface area (Å²) in [6.45, 7) is 0.390. The van der Waals surface area contributed by atoms with Crippen molar-refractivity contribution in [3.63, 3.8) is 0 Å². The summed E-state index contributed by atoms with van der Waals surface area (Å²) in [5.41, 5.74) is 0. The van der Waals surface area contributed by atoms with E-state index in [-0.39, 0.29) is 5.92 Å². The van der Waals surface area contributed by atoms with Gasteiger partial charge in [0.05, 0.1) is 0 Å². The zero-order valence-corrected chi connectivity index (χ0v) is 9.11. The van der Waals surface area contributed by atoms with Crippen LogP contribution >= 0.6 is 0 Å². The average molecular weight is 230 g/mol. The Bertz CT molecular complexity index is 384. The standard InChI is InChI=1S/C9H13NO4S/c1-10(6-8-4-2-3-5-8)9(11)7-15(12,13)14/h2-5,8H,6-7H2,1H3,(H,12,13,14)/p-1. The summed E-state index contributed by atoms with van der Waals surface area (Å²) < 4.78 is 31.1. The molecule has 0 aromatic carbocycles. The number of nitrogens with zero attached hydrogens (tertiary/aromatic N) is 1. The largest absolute Gasteiger partial charge is 0.748 e. The van der Waals surface area contributed by atoms with Gasteiger partial charge in [-0.05, 0) is 0 Å².